The number of hydrogen-bond acceptors (Lipinski definition) is 7. The minimum absolute atomic E-state index is 0.0134. The van der Waals surface area contributed by atoms with Crippen LogP contribution in [0.15, 0.2) is 60.9 Å². The minimum atomic E-state index is -0.213. The Hall–Kier alpha value is -4.34. The quantitative estimate of drug-likeness (QED) is 0.330. The number of carbonyl (C=O) groups is 1. The summed E-state index contributed by atoms with van der Waals surface area (Å²) < 4.78 is 13.4. The Morgan fingerprint density at radius 3 is 2.71 bits per heavy atom. The fourth-order valence-corrected chi connectivity index (χ4v) is 5.88. The number of ether oxygens (including phenoxy) is 2. The molecular formula is C31H37N7O3. The summed E-state index contributed by atoms with van der Waals surface area (Å²) in [5, 5.41) is 8.00. The maximum Gasteiger partial charge on any atom is 0.317 e. The summed E-state index contributed by atoms with van der Waals surface area (Å²) in [6.45, 7) is 7.68. The van der Waals surface area contributed by atoms with Crippen LogP contribution in [0.5, 0.6) is 11.6 Å². The number of nitrogens with zero attached hydrogens (tertiary/aromatic N) is 6. The zero-order valence-electron chi connectivity index (χ0n) is 23.9. The first-order chi connectivity index (χ1) is 19.9. The molecule has 1 atom stereocenters. The fraction of sp³-hybridized carbons (Fsp3) is 0.419. The predicted molar refractivity (Wildman–Crippen MR) is 157 cm³/mol. The van der Waals surface area contributed by atoms with Crippen LogP contribution in [0, 0.1) is 6.92 Å². The second-order valence-corrected chi connectivity index (χ2v) is 11.2. The molecule has 214 valence electrons. The molecule has 2 amide bonds. The van der Waals surface area contributed by atoms with E-state index in [4.69, 9.17) is 19.6 Å². The lowest BCUT2D eigenvalue weighted by Crippen LogP contribution is -2.52. The molecule has 4 aromatic rings. The molecule has 5 heterocycles. The van der Waals surface area contributed by atoms with Gasteiger partial charge in [0.2, 0.25) is 5.88 Å². The molecule has 10 nitrogen and oxygen atoms in total. The molecule has 6 rings (SSSR count). The molecule has 1 N–H and O–H groups in total. The molecule has 1 spiro atoms. The summed E-state index contributed by atoms with van der Waals surface area (Å²) in [5.41, 5.74) is 3.85. The summed E-state index contributed by atoms with van der Waals surface area (Å²) in [7, 11) is 1.64. The number of urea groups is 1. The van der Waals surface area contributed by atoms with Gasteiger partial charge in [0.1, 0.15) is 5.75 Å². The van der Waals surface area contributed by atoms with Crippen molar-refractivity contribution in [2.45, 2.75) is 44.6 Å². The van der Waals surface area contributed by atoms with Crippen molar-refractivity contribution < 1.29 is 14.3 Å². The Morgan fingerprint density at radius 1 is 1.12 bits per heavy atom. The number of benzene rings is 1. The summed E-state index contributed by atoms with van der Waals surface area (Å²) in [4.78, 5) is 26.2. The molecule has 0 saturated carbocycles. The van der Waals surface area contributed by atoms with E-state index in [0.717, 1.165) is 54.4 Å². The maximum atomic E-state index is 12.9. The largest absolute Gasteiger partial charge is 0.491 e. The Labute approximate surface area is 240 Å². The zero-order valence-corrected chi connectivity index (χ0v) is 23.9. The smallest absolute Gasteiger partial charge is 0.317 e. The average Bonchev–Trinajstić information content (AvgIpc) is 3.55. The van der Waals surface area contributed by atoms with E-state index in [1.54, 1.807) is 17.8 Å². The maximum absolute atomic E-state index is 12.9. The van der Waals surface area contributed by atoms with E-state index < -0.39 is 0 Å². The summed E-state index contributed by atoms with van der Waals surface area (Å²) in [5.74, 6) is 2.40. The topological polar surface area (TPSA) is 97.1 Å². The normalized spacial score (nSPS) is 17.2. The number of amides is 2. The molecule has 2 aliphatic heterocycles. The van der Waals surface area contributed by atoms with Gasteiger partial charge in [0.25, 0.3) is 0 Å². The lowest BCUT2D eigenvalue weighted by atomic mass is 9.88. The second-order valence-electron chi connectivity index (χ2n) is 11.2. The van der Waals surface area contributed by atoms with Gasteiger partial charge in [-0.05, 0) is 49.1 Å². The first-order valence-corrected chi connectivity index (χ1v) is 14.3. The van der Waals surface area contributed by atoms with E-state index in [1.807, 2.05) is 42.3 Å². The van der Waals surface area contributed by atoms with Crippen LogP contribution in [-0.2, 0) is 6.42 Å². The number of piperidine rings is 1. The monoisotopic (exact) mass is 555 g/mol. The van der Waals surface area contributed by atoms with Crippen molar-refractivity contribution in [3.63, 3.8) is 0 Å². The molecule has 2 saturated heterocycles. The number of pyridine rings is 2. The van der Waals surface area contributed by atoms with E-state index in [-0.39, 0.29) is 17.5 Å². The number of fused-ring (bicyclic) bond motifs is 1. The lowest BCUT2D eigenvalue weighted by molar-refractivity contribution is 0.217. The van der Waals surface area contributed by atoms with Crippen LogP contribution in [0.25, 0.3) is 5.65 Å². The Morgan fingerprint density at radius 2 is 1.93 bits per heavy atom. The third-order valence-corrected chi connectivity index (χ3v) is 8.27. The van der Waals surface area contributed by atoms with E-state index in [1.165, 1.54) is 5.56 Å². The minimum Gasteiger partial charge on any atom is -0.491 e. The highest BCUT2D eigenvalue weighted by Gasteiger charge is 2.44. The highest BCUT2D eigenvalue weighted by Crippen LogP contribution is 2.33. The van der Waals surface area contributed by atoms with E-state index in [0.29, 0.717) is 32.0 Å². The van der Waals surface area contributed by atoms with Crippen LogP contribution in [0.1, 0.15) is 42.6 Å². The van der Waals surface area contributed by atoms with E-state index >= 15 is 0 Å². The second kappa shape index (κ2) is 11.3. The first-order valence-electron chi connectivity index (χ1n) is 14.3. The van der Waals surface area contributed by atoms with Crippen LogP contribution in [-0.4, -0.2) is 75.9 Å². The number of methoxy groups -OCH3 is 1. The molecule has 2 fully saturated rings. The van der Waals surface area contributed by atoms with Crippen molar-refractivity contribution >= 4 is 17.4 Å². The van der Waals surface area contributed by atoms with Gasteiger partial charge < -0.3 is 24.6 Å². The Bertz CT molecular complexity index is 1510. The zero-order chi connectivity index (χ0) is 28.4. The molecule has 41 heavy (non-hydrogen) atoms. The predicted octanol–water partition coefficient (Wildman–Crippen LogP) is 4.23. The van der Waals surface area contributed by atoms with Crippen molar-refractivity contribution in [2.75, 3.05) is 44.8 Å². The number of hydrogen-bond donors (Lipinski definition) is 1. The molecule has 0 aliphatic carbocycles. The molecule has 0 bridgehead atoms. The van der Waals surface area contributed by atoms with Gasteiger partial charge in [-0.3, -0.25) is 0 Å². The third kappa shape index (κ3) is 5.64. The van der Waals surface area contributed by atoms with Crippen LogP contribution >= 0.6 is 0 Å². The van der Waals surface area contributed by atoms with Gasteiger partial charge in [0, 0.05) is 44.7 Å². The molecule has 0 radical (unpaired) electrons. The van der Waals surface area contributed by atoms with Crippen LogP contribution in [0.3, 0.4) is 0 Å². The molecule has 10 heteroatoms. The van der Waals surface area contributed by atoms with Gasteiger partial charge in [0.15, 0.2) is 11.5 Å². The number of carbonyl (C=O) groups excluding carboxylic acids is 1. The third-order valence-electron chi connectivity index (χ3n) is 8.27. The average molecular weight is 556 g/mol. The van der Waals surface area contributed by atoms with Gasteiger partial charge in [0.05, 0.1) is 31.1 Å². The van der Waals surface area contributed by atoms with Crippen molar-refractivity contribution in [2.24, 2.45) is 0 Å². The summed E-state index contributed by atoms with van der Waals surface area (Å²) in [6.07, 6.45) is 5.95. The van der Waals surface area contributed by atoms with E-state index in [9.17, 15) is 4.79 Å². The molecular weight excluding hydrogens is 518 g/mol. The van der Waals surface area contributed by atoms with Crippen LogP contribution < -0.4 is 19.7 Å². The number of aryl methyl sites for hydroxylation is 1. The fourth-order valence-electron chi connectivity index (χ4n) is 5.88. The van der Waals surface area contributed by atoms with Gasteiger partial charge >= 0.3 is 6.03 Å². The highest BCUT2D eigenvalue weighted by molar-refractivity contribution is 5.78. The highest BCUT2D eigenvalue weighted by atomic mass is 16.5. The van der Waals surface area contributed by atoms with E-state index in [2.05, 4.69) is 46.4 Å². The van der Waals surface area contributed by atoms with Crippen molar-refractivity contribution in [1.29, 1.82) is 0 Å². The number of aromatic nitrogens is 4. The summed E-state index contributed by atoms with van der Waals surface area (Å²) >= 11 is 0. The molecule has 3 aromatic heterocycles. The Balaban J connectivity index is 1.05. The van der Waals surface area contributed by atoms with Gasteiger partial charge in [-0.1, -0.05) is 37.3 Å². The number of nitrogens with one attached hydrogen (secondary N) is 1. The van der Waals surface area contributed by atoms with Crippen LogP contribution in [0.4, 0.5) is 10.5 Å². The van der Waals surface area contributed by atoms with Crippen LogP contribution in [0.2, 0.25) is 0 Å². The Kier molecular flexibility index (Phi) is 7.38. The lowest BCUT2D eigenvalue weighted by Gasteiger charge is -2.39. The number of anilines is 1. The van der Waals surface area contributed by atoms with Gasteiger partial charge in [-0.2, -0.15) is 5.10 Å². The van der Waals surface area contributed by atoms with Crippen molar-refractivity contribution in [3.05, 3.63) is 77.9 Å². The molecule has 0 unspecified atom stereocenters. The van der Waals surface area contributed by atoms with Gasteiger partial charge in [-0.15, -0.1) is 0 Å². The first kappa shape index (κ1) is 26.9. The molecule has 2 aliphatic rings. The van der Waals surface area contributed by atoms with Crippen molar-refractivity contribution in [3.8, 4) is 11.6 Å². The van der Waals surface area contributed by atoms with Gasteiger partial charge in [-0.25, -0.2) is 19.3 Å². The standard InChI is InChI=1S/C31H37N7O3/c1-22-18-25(41-20-23(2)24-8-5-4-6-9-24)19-38-28(22)33-27(35-38)11-15-37-21-31(34-30(37)39)12-16-36(17-13-31)26-10-7-14-32-29(26)40-3/h4-10,14,18-19,23H,11-13,15-17,20-21H2,1-3H3,(H,34,39)/t23-/m0/s1. The SMILES string of the molecule is COc1ncccc1N1CCC2(CC1)CN(CCc1nc3c(C)cc(OC[C@H](C)c4ccccc4)cn3n1)C(=O)N2. The summed E-state index contributed by atoms with van der Waals surface area (Å²) in [6, 6.07) is 16.3. The van der Waals surface area contributed by atoms with Crippen molar-refractivity contribution in [1.82, 2.24) is 29.8 Å². The number of rotatable bonds is 9. The molecule has 1 aromatic carbocycles.